The Balaban J connectivity index is 0.805. The van der Waals surface area contributed by atoms with E-state index in [1.54, 1.807) is 0 Å². The molecule has 6 rings (SSSR count). The maximum atomic E-state index is 13.1. The van der Waals surface area contributed by atoms with Gasteiger partial charge < -0.3 is 58.3 Å². The molecule has 3 aromatic carbocycles. The third-order valence-corrected chi connectivity index (χ3v) is 11.3. The second-order valence-corrected chi connectivity index (χ2v) is 17.6. The summed E-state index contributed by atoms with van der Waals surface area (Å²) in [4.78, 5) is 126. The number of carbonyl (C=O) groups excluding carboxylic acids is 10. The lowest BCUT2D eigenvalue weighted by atomic mass is 10.1. The Kier molecular flexibility index (Phi) is 22.9. The number of unbranched alkanes of at least 4 members (excludes halogenated alkanes) is 2. The van der Waals surface area contributed by atoms with E-state index >= 15 is 0 Å². The molecule has 0 radical (unpaired) electrons. The lowest BCUT2D eigenvalue weighted by molar-refractivity contribution is -0.121. The number of benzene rings is 3. The fourth-order valence-electron chi connectivity index (χ4n) is 7.34. The Morgan fingerprint density at radius 1 is 0.329 bits per heavy atom. The Bertz CT molecular complexity index is 2580. The largest absolute Gasteiger partial charge is 0.459 e. The van der Waals surface area contributed by atoms with Gasteiger partial charge in [0, 0.05) is 62.9 Å². The van der Waals surface area contributed by atoms with Gasteiger partial charge in [0.2, 0.25) is 0 Å². The number of imide groups is 3. The molecule has 25 heteroatoms. The molecular weight excluding hydrogens is 1040 g/mol. The lowest BCUT2D eigenvalue weighted by Crippen LogP contribution is -2.30. The standard InChI is InChI=1S/C54H57N3O22/c58-41(30-76-51(68)34-5-9-38(10-6-34)55-45(62)13-14-46(55)63)26-72-19-1-3-21-74-28-43(60)32-78-53(70)36-23-37(25-40(24-36)57-49(66)17-18-50(57)67)54(71)79-33-44(61)29-75-22-4-2-20-73-27-42(59)31-77-52(69)35-7-11-39(12-8-35)56-47(64)15-16-48(56)65/h5-18,23-25,41-44,58-61H,1-4,19-22,26-33H2. The van der Waals surface area contributed by atoms with Gasteiger partial charge in [-0.15, -0.1) is 0 Å². The zero-order valence-corrected chi connectivity index (χ0v) is 42.4. The van der Waals surface area contributed by atoms with Crippen LogP contribution in [0.4, 0.5) is 17.1 Å². The Hall–Kier alpha value is -8.14. The zero-order valence-electron chi connectivity index (χ0n) is 42.4. The van der Waals surface area contributed by atoms with Crippen molar-refractivity contribution < 1.29 is 106 Å². The summed E-state index contributed by atoms with van der Waals surface area (Å²) in [5.41, 5.74) is 0.184. The molecule has 6 amide bonds. The molecule has 79 heavy (non-hydrogen) atoms. The molecule has 3 heterocycles. The minimum atomic E-state index is -1.27. The number of hydrogen-bond donors (Lipinski definition) is 4. The number of amides is 6. The van der Waals surface area contributed by atoms with Gasteiger partial charge in [-0.05, 0) is 92.4 Å². The molecule has 3 aliphatic heterocycles. The van der Waals surface area contributed by atoms with Gasteiger partial charge in [-0.25, -0.2) is 33.9 Å². The van der Waals surface area contributed by atoms with E-state index in [-0.39, 0.29) is 105 Å². The molecule has 0 bridgehead atoms. The van der Waals surface area contributed by atoms with Gasteiger partial charge in [0.1, 0.15) is 50.8 Å². The lowest BCUT2D eigenvalue weighted by Gasteiger charge is -2.17. The first-order valence-electron chi connectivity index (χ1n) is 24.7. The van der Waals surface area contributed by atoms with E-state index in [9.17, 15) is 68.4 Å². The minimum absolute atomic E-state index is 0.129. The van der Waals surface area contributed by atoms with Crippen LogP contribution < -0.4 is 14.7 Å². The summed E-state index contributed by atoms with van der Waals surface area (Å²) in [6, 6.07) is 14.6. The maximum Gasteiger partial charge on any atom is 0.338 e. The summed E-state index contributed by atoms with van der Waals surface area (Å²) >= 11 is 0. The quantitative estimate of drug-likeness (QED) is 0.0287. The first kappa shape index (κ1) is 60.1. The fourth-order valence-corrected chi connectivity index (χ4v) is 7.34. The van der Waals surface area contributed by atoms with Crippen LogP contribution in [0.25, 0.3) is 0 Å². The van der Waals surface area contributed by atoms with Gasteiger partial charge >= 0.3 is 23.9 Å². The van der Waals surface area contributed by atoms with Crippen LogP contribution in [0.15, 0.2) is 103 Å². The Labute approximate surface area is 451 Å². The van der Waals surface area contributed by atoms with Crippen molar-refractivity contribution in [2.24, 2.45) is 0 Å². The van der Waals surface area contributed by atoms with Gasteiger partial charge in [0.05, 0.1) is 65.7 Å². The molecule has 0 saturated heterocycles. The molecule has 0 saturated carbocycles. The van der Waals surface area contributed by atoms with Gasteiger partial charge in [0.25, 0.3) is 35.4 Å². The SMILES string of the molecule is O=C(OCC(O)COCCCCOCC(O)COC(=O)c1cc(C(=O)OCC(O)COCCCCOCC(O)COC(=O)c2ccc(N3C(=O)C=CC3=O)cc2)cc(N2C(=O)C=CC2=O)c1)c1ccc(N2C(=O)C=CC2=O)cc1. The summed E-state index contributed by atoms with van der Waals surface area (Å²) in [6.07, 6.45) is 3.78. The van der Waals surface area contributed by atoms with Crippen LogP contribution in [-0.2, 0) is 66.7 Å². The molecule has 4 N–H and O–H groups in total. The summed E-state index contributed by atoms with van der Waals surface area (Å²) < 4.78 is 42.5. The van der Waals surface area contributed by atoms with Crippen LogP contribution in [0.1, 0.15) is 67.1 Å². The van der Waals surface area contributed by atoms with E-state index in [1.165, 1.54) is 48.5 Å². The number of aliphatic hydroxyl groups is 4. The van der Waals surface area contributed by atoms with Crippen LogP contribution in [0, 0.1) is 0 Å². The molecular formula is C54H57N3O22. The number of carbonyl (C=O) groups is 10. The van der Waals surface area contributed by atoms with Gasteiger partial charge in [-0.3, -0.25) is 28.8 Å². The molecule has 3 aliphatic rings. The summed E-state index contributed by atoms with van der Waals surface area (Å²) in [6.45, 7) is -1.64. The van der Waals surface area contributed by atoms with E-state index in [4.69, 9.17) is 37.9 Å². The highest BCUT2D eigenvalue weighted by molar-refractivity contribution is 6.29. The van der Waals surface area contributed by atoms with Crippen molar-refractivity contribution >= 4 is 76.4 Å². The van der Waals surface area contributed by atoms with Crippen LogP contribution in [0.5, 0.6) is 0 Å². The van der Waals surface area contributed by atoms with E-state index in [2.05, 4.69) is 0 Å². The average molecular weight is 1100 g/mol. The van der Waals surface area contributed by atoms with E-state index < -0.39 is 96.9 Å². The second kappa shape index (κ2) is 30.1. The molecule has 0 aromatic heterocycles. The first-order valence-corrected chi connectivity index (χ1v) is 24.7. The molecule has 4 atom stereocenters. The van der Waals surface area contributed by atoms with Crippen LogP contribution in [-0.4, -0.2) is 183 Å². The monoisotopic (exact) mass is 1100 g/mol. The number of hydrogen-bond acceptors (Lipinski definition) is 22. The van der Waals surface area contributed by atoms with Crippen molar-refractivity contribution in [2.75, 3.05) is 94.0 Å². The van der Waals surface area contributed by atoms with Gasteiger partial charge in [-0.1, -0.05) is 0 Å². The van der Waals surface area contributed by atoms with Crippen molar-refractivity contribution in [2.45, 2.75) is 50.1 Å². The highest BCUT2D eigenvalue weighted by Crippen LogP contribution is 2.25. The third kappa shape index (κ3) is 18.2. The molecule has 3 aromatic rings. The predicted molar refractivity (Wildman–Crippen MR) is 271 cm³/mol. The van der Waals surface area contributed by atoms with Crippen molar-refractivity contribution in [3.8, 4) is 0 Å². The van der Waals surface area contributed by atoms with Crippen molar-refractivity contribution in [1.82, 2.24) is 0 Å². The summed E-state index contributed by atoms with van der Waals surface area (Å²) in [5.74, 6) is -6.97. The van der Waals surface area contributed by atoms with Crippen molar-refractivity contribution in [1.29, 1.82) is 0 Å². The summed E-state index contributed by atoms with van der Waals surface area (Å²) in [7, 11) is 0. The van der Waals surface area contributed by atoms with E-state index in [1.807, 2.05) is 0 Å². The fraction of sp³-hybridized carbons (Fsp3) is 0.370. The molecule has 420 valence electrons. The highest BCUT2D eigenvalue weighted by atomic mass is 16.6. The number of nitrogens with zero attached hydrogens (tertiary/aromatic N) is 3. The maximum absolute atomic E-state index is 13.1. The second-order valence-electron chi connectivity index (χ2n) is 17.6. The third-order valence-electron chi connectivity index (χ3n) is 11.3. The predicted octanol–water partition coefficient (Wildman–Crippen LogP) is 1.07. The Morgan fingerprint density at radius 2 is 0.570 bits per heavy atom. The van der Waals surface area contributed by atoms with Crippen LogP contribution in [0.3, 0.4) is 0 Å². The first-order chi connectivity index (χ1) is 38.0. The number of aliphatic hydroxyl groups excluding tert-OH is 4. The minimum Gasteiger partial charge on any atom is -0.459 e. The Morgan fingerprint density at radius 3 is 0.835 bits per heavy atom. The topological polar surface area (TPSA) is 335 Å². The molecule has 0 aliphatic carbocycles. The summed E-state index contributed by atoms with van der Waals surface area (Å²) in [5, 5.41) is 41.2. The van der Waals surface area contributed by atoms with Crippen molar-refractivity contribution in [3.05, 3.63) is 125 Å². The molecule has 4 unspecified atom stereocenters. The average Bonchev–Trinajstić information content (AvgIpc) is 4.13. The van der Waals surface area contributed by atoms with Gasteiger partial charge in [-0.2, -0.15) is 0 Å². The number of anilines is 3. The van der Waals surface area contributed by atoms with Crippen molar-refractivity contribution in [3.63, 3.8) is 0 Å². The van der Waals surface area contributed by atoms with Crippen LogP contribution in [0.2, 0.25) is 0 Å². The van der Waals surface area contributed by atoms with E-state index in [0.29, 0.717) is 25.7 Å². The van der Waals surface area contributed by atoms with E-state index in [0.717, 1.165) is 69.4 Å². The smallest absolute Gasteiger partial charge is 0.338 e. The molecule has 0 spiro atoms. The normalized spacial score (nSPS) is 15.5. The van der Waals surface area contributed by atoms with Gasteiger partial charge in [0.15, 0.2) is 0 Å². The molecule has 0 fully saturated rings. The number of ether oxygens (including phenoxy) is 8. The highest BCUT2D eigenvalue weighted by Gasteiger charge is 2.30. The number of esters is 4. The molecule has 25 nitrogen and oxygen atoms in total. The number of rotatable bonds is 33. The van der Waals surface area contributed by atoms with Crippen LogP contribution >= 0.6 is 0 Å². The zero-order chi connectivity index (χ0) is 56.8.